The maximum Gasteiger partial charge on any atom is 0.276 e. The van der Waals surface area contributed by atoms with Crippen molar-refractivity contribution in [1.29, 1.82) is 0 Å². The highest BCUT2D eigenvalue weighted by molar-refractivity contribution is 7.09. The number of benzene rings is 1. The van der Waals surface area contributed by atoms with E-state index >= 15 is 0 Å². The average molecular weight is 426 g/mol. The van der Waals surface area contributed by atoms with E-state index in [1.807, 2.05) is 43.9 Å². The van der Waals surface area contributed by atoms with Gasteiger partial charge in [-0.25, -0.2) is 0 Å². The molecular formula is C23H27N3O3S. The summed E-state index contributed by atoms with van der Waals surface area (Å²) in [6, 6.07) is 10.3. The Hall–Kier alpha value is -2.64. The van der Waals surface area contributed by atoms with E-state index in [4.69, 9.17) is 9.26 Å². The third-order valence-electron chi connectivity index (χ3n) is 5.58. The molecule has 3 aromatic rings. The molecule has 158 valence electrons. The van der Waals surface area contributed by atoms with Crippen molar-refractivity contribution in [3.8, 4) is 5.75 Å². The van der Waals surface area contributed by atoms with Gasteiger partial charge in [0, 0.05) is 37.6 Å². The van der Waals surface area contributed by atoms with E-state index in [1.165, 1.54) is 4.88 Å². The number of hydrogen-bond donors (Lipinski definition) is 0. The zero-order valence-electron chi connectivity index (χ0n) is 17.7. The summed E-state index contributed by atoms with van der Waals surface area (Å²) < 4.78 is 11.4. The highest BCUT2D eigenvalue weighted by atomic mass is 32.1. The van der Waals surface area contributed by atoms with Crippen molar-refractivity contribution in [3.05, 3.63) is 68.7 Å². The van der Waals surface area contributed by atoms with Crippen molar-refractivity contribution >= 4 is 17.2 Å². The number of carbonyl (C=O) groups is 1. The second-order valence-corrected chi connectivity index (χ2v) is 8.76. The van der Waals surface area contributed by atoms with E-state index in [1.54, 1.807) is 11.3 Å². The monoisotopic (exact) mass is 425 g/mol. The molecule has 1 aliphatic rings. The van der Waals surface area contributed by atoms with E-state index in [9.17, 15) is 4.79 Å². The lowest BCUT2D eigenvalue weighted by Crippen LogP contribution is -2.48. The first-order valence-electron chi connectivity index (χ1n) is 10.2. The van der Waals surface area contributed by atoms with Gasteiger partial charge in [0.1, 0.15) is 18.1 Å². The Bertz CT molecular complexity index is 985. The Kier molecular flexibility index (Phi) is 6.20. The number of ether oxygens (including phenoxy) is 1. The molecule has 1 aliphatic heterocycles. The smallest absolute Gasteiger partial charge is 0.276 e. The van der Waals surface area contributed by atoms with Gasteiger partial charge in [0.05, 0.1) is 5.56 Å². The Morgan fingerprint density at radius 3 is 2.50 bits per heavy atom. The van der Waals surface area contributed by atoms with E-state index in [-0.39, 0.29) is 12.5 Å². The standard InChI is InChI=1S/C23H27N3O3S/c1-16-6-4-7-17(2)22(16)28-15-20-18(3)29-24-21(20)23(27)26-11-9-25(10-12-26)14-19-8-5-13-30-19/h4-8,13H,9-12,14-15H2,1-3H3. The molecule has 1 saturated heterocycles. The Balaban J connectivity index is 1.40. The van der Waals surface area contributed by atoms with Gasteiger partial charge in [-0.1, -0.05) is 29.4 Å². The fourth-order valence-corrected chi connectivity index (χ4v) is 4.53. The van der Waals surface area contributed by atoms with Gasteiger partial charge in [0.2, 0.25) is 0 Å². The van der Waals surface area contributed by atoms with E-state index in [0.29, 0.717) is 24.5 Å². The molecule has 3 heterocycles. The lowest BCUT2D eigenvalue weighted by atomic mass is 10.1. The molecular weight excluding hydrogens is 398 g/mol. The number of rotatable bonds is 6. The van der Waals surface area contributed by atoms with Gasteiger partial charge in [-0.2, -0.15) is 0 Å². The van der Waals surface area contributed by atoms with Crippen LogP contribution in [0.5, 0.6) is 5.75 Å². The van der Waals surface area contributed by atoms with Crippen LogP contribution in [0, 0.1) is 20.8 Å². The summed E-state index contributed by atoms with van der Waals surface area (Å²) in [6.07, 6.45) is 0. The summed E-state index contributed by atoms with van der Waals surface area (Å²) in [5, 5.41) is 6.17. The predicted octanol–water partition coefficient (Wildman–Crippen LogP) is 4.20. The van der Waals surface area contributed by atoms with Gasteiger partial charge in [-0.05, 0) is 43.3 Å². The Labute approximate surface area is 181 Å². The molecule has 0 radical (unpaired) electrons. The van der Waals surface area contributed by atoms with E-state index in [2.05, 4.69) is 27.6 Å². The van der Waals surface area contributed by atoms with Gasteiger partial charge in [-0.15, -0.1) is 11.3 Å². The SMILES string of the molecule is Cc1cccc(C)c1OCc1c(C(=O)N2CCN(Cc3cccs3)CC2)noc1C. The Morgan fingerprint density at radius 1 is 1.10 bits per heavy atom. The van der Waals surface area contributed by atoms with Crippen LogP contribution in [0.15, 0.2) is 40.2 Å². The zero-order valence-corrected chi connectivity index (χ0v) is 18.5. The van der Waals surface area contributed by atoms with Crippen molar-refractivity contribution in [3.63, 3.8) is 0 Å². The van der Waals surface area contributed by atoms with Gasteiger partial charge in [0.15, 0.2) is 5.69 Å². The first kappa shape index (κ1) is 20.6. The molecule has 30 heavy (non-hydrogen) atoms. The topological polar surface area (TPSA) is 58.8 Å². The number of amides is 1. The van der Waals surface area contributed by atoms with Crippen LogP contribution in [-0.2, 0) is 13.2 Å². The first-order valence-corrected chi connectivity index (χ1v) is 11.1. The van der Waals surface area contributed by atoms with E-state index in [0.717, 1.165) is 42.1 Å². The number of piperazine rings is 1. The maximum absolute atomic E-state index is 13.1. The largest absolute Gasteiger partial charge is 0.488 e. The average Bonchev–Trinajstić information content (AvgIpc) is 3.38. The highest BCUT2D eigenvalue weighted by Gasteiger charge is 2.28. The molecule has 6 nitrogen and oxygen atoms in total. The fraction of sp³-hybridized carbons (Fsp3) is 0.391. The van der Waals surface area contributed by atoms with Crippen molar-refractivity contribution in [2.75, 3.05) is 26.2 Å². The molecule has 0 saturated carbocycles. The molecule has 0 N–H and O–H groups in total. The van der Waals surface area contributed by atoms with Crippen LogP contribution in [0.3, 0.4) is 0 Å². The lowest BCUT2D eigenvalue weighted by Gasteiger charge is -2.34. The maximum atomic E-state index is 13.1. The summed E-state index contributed by atoms with van der Waals surface area (Å²) in [5.74, 6) is 1.39. The molecule has 0 aliphatic carbocycles. The number of hydrogen-bond acceptors (Lipinski definition) is 6. The molecule has 2 aromatic heterocycles. The minimum atomic E-state index is -0.0808. The third-order valence-corrected chi connectivity index (χ3v) is 6.44. The molecule has 1 fully saturated rings. The lowest BCUT2D eigenvalue weighted by molar-refractivity contribution is 0.0617. The summed E-state index contributed by atoms with van der Waals surface area (Å²) >= 11 is 1.77. The highest BCUT2D eigenvalue weighted by Crippen LogP contribution is 2.25. The van der Waals surface area contributed by atoms with Crippen LogP contribution in [0.25, 0.3) is 0 Å². The first-order chi connectivity index (χ1) is 14.5. The van der Waals surface area contributed by atoms with Crippen LogP contribution in [0.1, 0.15) is 37.8 Å². The van der Waals surface area contributed by atoms with Crippen LogP contribution in [-0.4, -0.2) is 47.0 Å². The number of nitrogens with zero attached hydrogens (tertiary/aromatic N) is 3. The minimum absolute atomic E-state index is 0.0808. The molecule has 0 spiro atoms. The summed E-state index contributed by atoms with van der Waals surface area (Å²) in [4.78, 5) is 18.7. The number of aromatic nitrogens is 1. The number of carbonyl (C=O) groups excluding carboxylic acids is 1. The minimum Gasteiger partial charge on any atom is -0.488 e. The summed E-state index contributed by atoms with van der Waals surface area (Å²) in [7, 11) is 0. The van der Waals surface area contributed by atoms with Crippen molar-refractivity contribution in [1.82, 2.24) is 15.0 Å². The molecule has 0 unspecified atom stereocenters. The second kappa shape index (κ2) is 9.02. The molecule has 1 amide bonds. The van der Waals surface area contributed by atoms with Crippen LogP contribution in [0.2, 0.25) is 0 Å². The van der Waals surface area contributed by atoms with Crippen LogP contribution < -0.4 is 4.74 Å². The van der Waals surface area contributed by atoms with Crippen LogP contribution >= 0.6 is 11.3 Å². The third kappa shape index (κ3) is 4.42. The molecule has 0 bridgehead atoms. The number of para-hydroxylation sites is 1. The normalized spacial score (nSPS) is 14.8. The second-order valence-electron chi connectivity index (χ2n) is 7.72. The van der Waals surface area contributed by atoms with Gasteiger partial charge in [-0.3, -0.25) is 9.69 Å². The van der Waals surface area contributed by atoms with Crippen molar-refractivity contribution in [2.24, 2.45) is 0 Å². The zero-order chi connectivity index (χ0) is 21.1. The molecule has 4 rings (SSSR count). The summed E-state index contributed by atoms with van der Waals surface area (Å²) in [6.45, 7) is 10.2. The van der Waals surface area contributed by atoms with Crippen LogP contribution in [0.4, 0.5) is 0 Å². The van der Waals surface area contributed by atoms with Gasteiger partial charge < -0.3 is 14.2 Å². The van der Waals surface area contributed by atoms with E-state index < -0.39 is 0 Å². The van der Waals surface area contributed by atoms with Crippen molar-refractivity contribution < 1.29 is 14.1 Å². The number of aryl methyl sites for hydroxylation is 3. The predicted molar refractivity (Wildman–Crippen MR) is 117 cm³/mol. The number of thiophene rings is 1. The quantitative estimate of drug-likeness (QED) is 0.592. The summed E-state index contributed by atoms with van der Waals surface area (Å²) in [5.41, 5.74) is 3.23. The molecule has 7 heteroatoms. The van der Waals surface area contributed by atoms with Gasteiger partial charge >= 0.3 is 0 Å². The Morgan fingerprint density at radius 2 is 1.83 bits per heavy atom. The molecule has 1 aromatic carbocycles. The fourth-order valence-electron chi connectivity index (χ4n) is 3.78. The van der Waals surface area contributed by atoms with Crippen molar-refractivity contribution in [2.45, 2.75) is 33.9 Å². The molecule has 0 atom stereocenters. The van der Waals surface area contributed by atoms with Gasteiger partial charge in [0.25, 0.3) is 5.91 Å².